The van der Waals surface area contributed by atoms with Crippen LogP contribution in [0.4, 0.5) is 0 Å². The first kappa shape index (κ1) is 15.0. The van der Waals surface area contributed by atoms with E-state index >= 15 is 0 Å². The fraction of sp³-hybridized carbons (Fsp3) is 0.625. The summed E-state index contributed by atoms with van der Waals surface area (Å²) in [7, 11) is 1.97. The van der Waals surface area contributed by atoms with E-state index in [0.717, 1.165) is 24.1 Å². The summed E-state index contributed by atoms with van der Waals surface area (Å²) in [6.07, 6.45) is 8.25. The highest BCUT2D eigenvalue weighted by molar-refractivity contribution is 5.77. The molecule has 0 unspecified atom stereocenters. The van der Waals surface area contributed by atoms with Crippen molar-refractivity contribution in [3.63, 3.8) is 0 Å². The number of hydrogen-bond donors (Lipinski definition) is 2. The van der Waals surface area contributed by atoms with Gasteiger partial charge >= 0.3 is 0 Å². The second kappa shape index (κ2) is 6.84. The number of aryl methyl sites for hydroxylation is 1. The van der Waals surface area contributed by atoms with Gasteiger partial charge in [0.2, 0.25) is 5.91 Å². The minimum absolute atomic E-state index is 0.00148. The van der Waals surface area contributed by atoms with Crippen LogP contribution in [0.25, 0.3) is 0 Å². The first-order valence-electron chi connectivity index (χ1n) is 7.51. The largest absolute Gasteiger partial charge is 0.350 e. The maximum Gasteiger partial charge on any atom is 0.222 e. The Labute approximate surface area is 121 Å². The van der Waals surface area contributed by atoms with Gasteiger partial charge in [-0.25, -0.2) is 0 Å². The van der Waals surface area contributed by atoms with Gasteiger partial charge in [0.1, 0.15) is 0 Å². The predicted molar refractivity (Wildman–Crippen MR) is 80.3 cm³/mol. The van der Waals surface area contributed by atoms with Gasteiger partial charge in [-0.15, -0.1) is 0 Å². The van der Waals surface area contributed by atoms with E-state index in [0.29, 0.717) is 13.0 Å². The Kier molecular flexibility index (Phi) is 5.12. The van der Waals surface area contributed by atoms with Crippen molar-refractivity contribution in [2.45, 2.75) is 57.5 Å². The third kappa shape index (κ3) is 3.79. The van der Waals surface area contributed by atoms with Crippen molar-refractivity contribution in [3.05, 3.63) is 29.6 Å². The zero-order valence-electron chi connectivity index (χ0n) is 12.5. The molecule has 0 saturated heterocycles. The zero-order valence-corrected chi connectivity index (χ0v) is 12.5. The number of nitrogens with zero attached hydrogens (tertiary/aromatic N) is 1. The molecule has 0 aromatic carbocycles. The molecule has 1 amide bonds. The van der Waals surface area contributed by atoms with Crippen LogP contribution in [-0.4, -0.2) is 23.5 Å². The molecule has 0 atom stereocenters. The Morgan fingerprint density at radius 1 is 1.35 bits per heavy atom. The number of pyridine rings is 1. The summed E-state index contributed by atoms with van der Waals surface area (Å²) < 4.78 is 0. The van der Waals surface area contributed by atoms with E-state index < -0.39 is 0 Å². The molecule has 0 bridgehead atoms. The van der Waals surface area contributed by atoms with E-state index in [9.17, 15) is 4.79 Å². The van der Waals surface area contributed by atoms with Crippen LogP contribution in [0.3, 0.4) is 0 Å². The van der Waals surface area contributed by atoms with Gasteiger partial charge in [0.05, 0.1) is 12.2 Å². The number of amides is 1. The predicted octanol–water partition coefficient (Wildman–Crippen LogP) is 2.32. The average Bonchev–Trinajstić information content (AvgIpc) is 2.47. The van der Waals surface area contributed by atoms with Crippen molar-refractivity contribution < 1.29 is 4.79 Å². The topological polar surface area (TPSA) is 54.0 Å². The van der Waals surface area contributed by atoms with Crippen molar-refractivity contribution in [2.75, 3.05) is 7.05 Å². The molecule has 2 N–H and O–H groups in total. The number of carbonyl (C=O) groups is 1. The van der Waals surface area contributed by atoms with Crippen LogP contribution in [0.5, 0.6) is 0 Å². The van der Waals surface area contributed by atoms with E-state index in [1.165, 1.54) is 19.3 Å². The summed E-state index contributed by atoms with van der Waals surface area (Å²) in [6, 6.07) is 3.93. The van der Waals surface area contributed by atoms with Crippen LogP contribution in [0.1, 0.15) is 49.8 Å². The van der Waals surface area contributed by atoms with Crippen molar-refractivity contribution >= 4 is 5.91 Å². The quantitative estimate of drug-likeness (QED) is 0.867. The monoisotopic (exact) mass is 275 g/mol. The summed E-state index contributed by atoms with van der Waals surface area (Å²) in [6.45, 7) is 2.54. The van der Waals surface area contributed by atoms with Gasteiger partial charge in [-0.2, -0.15) is 0 Å². The van der Waals surface area contributed by atoms with Crippen LogP contribution >= 0.6 is 0 Å². The van der Waals surface area contributed by atoms with E-state index in [1.807, 2.05) is 26.1 Å². The van der Waals surface area contributed by atoms with Crippen molar-refractivity contribution in [3.8, 4) is 0 Å². The maximum absolute atomic E-state index is 12.2. The molecule has 0 spiro atoms. The molecule has 1 heterocycles. The lowest BCUT2D eigenvalue weighted by Crippen LogP contribution is -2.48. The second-order valence-electron chi connectivity index (χ2n) is 5.81. The molecule has 4 heteroatoms. The molecule has 4 nitrogen and oxygen atoms in total. The highest BCUT2D eigenvalue weighted by Crippen LogP contribution is 2.30. The molecular formula is C16H25N3O. The number of hydrogen-bond acceptors (Lipinski definition) is 3. The van der Waals surface area contributed by atoms with Crippen molar-refractivity contribution in [1.82, 2.24) is 15.6 Å². The number of carbonyl (C=O) groups excluding carboxylic acids is 1. The summed E-state index contributed by atoms with van der Waals surface area (Å²) in [5.74, 6) is 0.117. The molecule has 1 aliphatic carbocycles. The average molecular weight is 275 g/mol. The van der Waals surface area contributed by atoms with Gasteiger partial charge in [-0.3, -0.25) is 9.78 Å². The molecular weight excluding hydrogens is 250 g/mol. The second-order valence-corrected chi connectivity index (χ2v) is 5.81. The van der Waals surface area contributed by atoms with Crippen molar-refractivity contribution in [2.24, 2.45) is 0 Å². The lowest BCUT2D eigenvalue weighted by molar-refractivity contribution is -0.123. The number of aromatic nitrogens is 1. The summed E-state index contributed by atoms with van der Waals surface area (Å²) in [5.41, 5.74) is 2.07. The standard InChI is InChI=1S/C16H25N3O/c1-13-7-6-10-18-14(13)12-19-15(20)11-16(17-2)8-4-3-5-9-16/h6-7,10,17H,3-5,8-9,11-12H2,1-2H3,(H,19,20). The first-order valence-corrected chi connectivity index (χ1v) is 7.51. The highest BCUT2D eigenvalue weighted by atomic mass is 16.1. The van der Waals surface area contributed by atoms with E-state index in [2.05, 4.69) is 15.6 Å². The van der Waals surface area contributed by atoms with Crippen molar-refractivity contribution in [1.29, 1.82) is 0 Å². The molecule has 0 radical (unpaired) electrons. The Morgan fingerprint density at radius 2 is 2.10 bits per heavy atom. The van der Waals surface area contributed by atoms with Gasteiger partial charge in [0.25, 0.3) is 0 Å². The van der Waals surface area contributed by atoms with Crippen LogP contribution in [0.2, 0.25) is 0 Å². The lowest BCUT2D eigenvalue weighted by Gasteiger charge is -2.36. The van der Waals surface area contributed by atoms with Gasteiger partial charge in [0, 0.05) is 18.2 Å². The number of nitrogens with one attached hydrogen (secondary N) is 2. The van der Waals surface area contributed by atoms with Crippen LogP contribution < -0.4 is 10.6 Å². The summed E-state index contributed by atoms with van der Waals surface area (Å²) in [5, 5.41) is 6.39. The molecule has 110 valence electrons. The molecule has 0 aliphatic heterocycles. The molecule has 1 saturated carbocycles. The molecule has 2 rings (SSSR count). The molecule has 20 heavy (non-hydrogen) atoms. The molecule has 1 aromatic heterocycles. The van der Waals surface area contributed by atoms with Crippen LogP contribution in [0.15, 0.2) is 18.3 Å². The minimum atomic E-state index is 0.00148. The van der Waals surface area contributed by atoms with Gasteiger partial charge < -0.3 is 10.6 Å². The summed E-state index contributed by atoms with van der Waals surface area (Å²) >= 11 is 0. The SMILES string of the molecule is CNC1(CC(=O)NCc2ncccc2C)CCCCC1. The molecule has 1 aliphatic rings. The van der Waals surface area contributed by atoms with Gasteiger partial charge in [-0.1, -0.05) is 25.3 Å². The summed E-state index contributed by atoms with van der Waals surface area (Å²) in [4.78, 5) is 16.5. The Morgan fingerprint density at radius 3 is 2.75 bits per heavy atom. The Balaban J connectivity index is 1.87. The van der Waals surface area contributed by atoms with Crippen LogP contribution in [-0.2, 0) is 11.3 Å². The molecule has 1 aromatic rings. The van der Waals surface area contributed by atoms with E-state index in [1.54, 1.807) is 6.20 Å². The Hall–Kier alpha value is -1.42. The third-order valence-corrected chi connectivity index (χ3v) is 4.41. The fourth-order valence-electron chi connectivity index (χ4n) is 3.00. The maximum atomic E-state index is 12.2. The molecule has 1 fully saturated rings. The third-order valence-electron chi connectivity index (χ3n) is 4.41. The normalized spacial score (nSPS) is 17.7. The van der Waals surface area contributed by atoms with Crippen LogP contribution in [0, 0.1) is 6.92 Å². The minimum Gasteiger partial charge on any atom is -0.350 e. The van der Waals surface area contributed by atoms with E-state index in [4.69, 9.17) is 0 Å². The fourth-order valence-corrected chi connectivity index (χ4v) is 3.00. The van der Waals surface area contributed by atoms with Gasteiger partial charge in [0.15, 0.2) is 0 Å². The van der Waals surface area contributed by atoms with Gasteiger partial charge in [-0.05, 0) is 38.4 Å². The zero-order chi connectivity index (χ0) is 14.4. The Bertz CT molecular complexity index is 453. The lowest BCUT2D eigenvalue weighted by atomic mass is 9.79. The number of rotatable bonds is 5. The smallest absolute Gasteiger partial charge is 0.222 e. The first-order chi connectivity index (χ1) is 9.65. The van der Waals surface area contributed by atoms with E-state index in [-0.39, 0.29) is 11.4 Å². The highest BCUT2D eigenvalue weighted by Gasteiger charge is 2.32.